The smallest absolute Gasteiger partial charge is 0.329 e. The summed E-state index contributed by atoms with van der Waals surface area (Å²) >= 11 is 0. The van der Waals surface area contributed by atoms with Gasteiger partial charge in [0.25, 0.3) is 0 Å². The molecule has 1 aromatic heterocycles. The second kappa shape index (κ2) is 4.99. The Labute approximate surface area is 104 Å². The van der Waals surface area contributed by atoms with Crippen LogP contribution in [0.2, 0.25) is 0 Å². The first kappa shape index (κ1) is 15.7. The van der Waals surface area contributed by atoms with Gasteiger partial charge in [-0.15, -0.1) is 0 Å². The highest BCUT2D eigenvalue weighted by Gasteiger charge is 2.40. The molecule has 0 radical (unpaired) electrons. The Balaban J connectivity index is 2.69. The average Bonchev–Trinajstić information content (AvgIpc) is 2.62. The highest BCUT2D eigenvalue weighted by molar-refractivity contribution is 5.02. The van der Waals surface area contributed by atoms with Gasteiger partial charge < -0.3 is 10.3 Å². The van der Waals surface area contributed by atoms with Crippen LogP contribution in [0, 0.1) is 0 Å². The molecule has 0 saturated heterocycles. The number of hydrogen-bond donors (Lipinski definition) is 1. The van der Waals surface area contributed by atoms with Crippen LogP contribution in [0.15, 0.2) is 4.52 Å². The molecule has 2 N–H and O–H groups in total. The lowest BCUT2D eigenvalue weighted by Crippen LogP contribution is -2.34. The Morgan fingerprint density at radius 1 is 1.11 bits per heavy atom. The van der Waals surface area contributed by atoms with Crippen molar-refractivity contribution in [2.75, 3.05) is 0 Å². The molecule has 1 atom stereocenters. The molecule has 1 unspecified atom stereocenters. The lowest BCUT2D eigenvalue weighted by molar-refractivity contribution is -0.159. The molecule has 0 aromatic carbocycles. The molecule has 19 heavy (non-hydrogen) atoms. The Bertz CT molecular complexity index is 422. The summed E-state index contributed by atoms with van der Waals surface area (Å²) in [4.78, 5) is 3.06. The van der Waals surface area contributed by atoms with Gasteiger partial charge in [-0.05, 0) is 19.8 Å². The summed E-state index contributed by atoms with van der Waals surface area (Å²) in [5, 5.41) is 3.06. The van der Waals surface area contributed by atoms with Gasteiger partial charge in [-0.3, -0.25) is 0 Å². The van der Waals surface area contributed by atoms with Crippen molar-refractivity contribution in [3.05, 3.63) is 11.7 Å². The van der Waals surface area contributed by atoms with Crippen LogP contribution in [0.3, 0.4) is 0 Å². The van der Waals surface area contributed by atoms with E-state index < -0.39 is 36.0 Å². The summed E-state index contributed by atoms with van der Waals surface area (Å²) in [7, 11) is 0. The first-order valence-corrected chi connectivity index (χ1v) is 5.19. The van der Waals surface area contributed by atoms with Gasteiger partial charge in [-0.1, -0.05) is 5.16 Å². The molecule has 110 valence electrons. The molecule has 10 heteroatoms. The van der Waals surface area contributed by atoms with Crippen LogP contribution in [-0.4, -0.2) is 16.3 Å². The van der Waals surface area contributed by atoms with Gasteiger partial charge in [0.05, 0.1) is 5.54 Å². The van der Waals surface area contributed by atoms with Crippen molar-refractivity contribution in [3.63, 3.8) is 0 Å². The molecule has 0 aliphatic heterocycles. The van der Waals surface area contributed by atoms with Crippen molar-refractivity contribution >= 4 is 0 Å². The zero-order valence-electron chi connectivity index (χ0n) is 9.77. The predicted octanol–water partition coefficient (Wildman–Crippen LogP) is 2.99. The van der Waals surface area contributed by atoms with E-state index in [1.807, 2.05) is 0 Å². The van der Waals surface area contributed by atoms with E-state index in [9.17, 15) is 26.3 Å². The maximum atomic E-state index is 12.2. The number of rotatable bonds is 4. The molecule has 0 bridgehead atoms. The molecule has 0 amide bonds. The van der Waals surface area contributed by atoms with Crippen LogP contribution in [-0.2, 0) is 11.7 Å². The SMILES string of the molecule is CC(N)(CCCC(F)(F)F)c1noc(C(F)(F)F)n1. The maximum Gasteiger partial charge on any atom is 0.471 e. The number of halogens is 6. The minimum atomic E-state index is -4.81. The van der Waals surface area contributed by atoms with E-state index in [-0.39, 0.29) is 12.8 Å². The van der Waals surface area contributed by atoms with Gasteiger partial charge in [0.2, 0.25) is 0 Å². The monoisotopic (exact) mass is 291 g/mol. The second-order valence-electron chi connectivity index (χ2n) is 4.31. The fraction of sp³-hybridized carbons (Fsp3) is 0.778. The standard InChI is InChI=1S/C9H11F6N3O/c1-7(16,3-2-4-8(10,11)12)5-17-6(19-18-5)9(13,14)15/h2-4,16H2,1H3. The average molecular weight is 291 g/mol. The molecule has 0 aliphatic carbocycles. The molecule has 1 aromatic rings. The van der Waals surface area contributed by atoms with E-state index in [1.165, 1.54) is 6.92 Å². The van der Waals surface area contributed by atoms with Crippen molar-refractivity contribution < 1.29 is 30.9 Å². The molecular formula is C9H11F6N3O. The quantitative estimate of drug-likeness (QED) is 0.866. The van der Waals surface area contributed by atoms with Crippen LogP contribution in [0.5, 0.6) is 0 Å². The van der Waals surface area contributed by atoms with Crippen molar-refractivity contribution in [1.82, 2.24) is 10.1 Å². The van der Waals surface area contributed by atoms with E-state index in [2.05, 4.69) is 14.7 Å². The fourth-order valence-corrected chi connectivity index (χ4v) is 1.34. The Morgan fingerprint density at radius 2 is 1.68 bits per heavy atom. The summed E-state index contributed by atoms with van der Waals surface area (Å²) in [6.07, 6.45) is -10.8. The van der Waals surface area contributed by atoms with E-state index in [0.29, 0.717) is 0 Å². The van der Waals surface area contributed by atoms with Crippen LogP contribution < -0.4 is 5.73 Å². The Kier molecular flexibility index (Phi) is 4.13. The van der Waals surface area contributed by atoms with E-state index in [1.54, 1.807) is 0 Å². The van der Waals surface area contributed by atoms with Crippen molar-refractivity contribution in [1.29, 1.82) is 0 Å². The second-order valence-corrected chi connectivity index (χ2v) is 4.31. The number of hydrogen-bond acceptors (Lipinski definition) is 4. The maximum absolute atomic E-state index is 12.2. The highest BCUT2D eigenvalue weighted by Crippen LogP contribution is 2.31. The van der Waals surface area contributed by atoms with Gasteiger partial charge in [0, 0.05) is 6.42 Å². The van der Waals surface area contributed by atoms with Gasteiger partial charge in [-0.2, -0.15) is 31.3 Å². The summed E-state index contributed by atoms with van der Waals surface area (Å²) in [5.41, 5.74) is 4.09. The van der Waals surface area contributed by atoms with Crippen molar-refractivity contribution in [3.8, 4) is 0 Å². The lowest BCUT2D eigenvalue weighted by Gasteiger charge is -2.20. The van der Waals surface area contributed by atoms with Gasteiger partial charge in [0.1, 0.15) is 0 Å². The third-order valence-corrected chi connectivity index (χ3v) is 2.34. The topological polar surface area (TPSA) is 64.9 Å². The van der Waals surface area contributed by atoms with Crippen molar-refractivity contribution in [2.45, 2.75) is 44.1 Å². The summed E-state index contributed by atoms with van der Waals surface area (Å²) in [6, 6.07) is 0. The molecule has 1 rings (SSSR count). The normalized spacial score (nSPS) is 16.4. The Morgan fingerprint density at radius 3 is 2.11 bits per heavy atom. The zero-order valence-corrected chi connectivity index (χ0v) is 9.77. The van der Waals surface area contributed by atoms with Crippen molar-refractivity contribution in [2.24, 2.45) is 5.73 Å². The fourth-order valence-electron chi connectivity index (χ4n) is 1.34. The third-order valence-electron chi connectivity index (χ3n) is 2.34. The molecule has 4 nitrogen and oxygen atoms in total. The third kappa shape index (κ3) is 4.69. The first-order chi connectivity index (χ1) is 8.42. The first-order valence-electron chi connectivity index (χ1n) is 5.19. The number of nitrogens with zero attached hydrogens (tertiary/aromatic N) is 2. The zero-order chi connectivity index (χ0) is 14.9. The molecule has 0 fully saturated rings. The minimum Gasteiger partial charge on any atom is -0.329 e. The van der Waals surface area contributed by atoms with Crippen LogP contribution in [0.1, 0.15) is 37.9 Å². The van der Waals surface area contributed by atoms with Crippen LogP contribution >= 0.6 is 0 Å². The largest absolute Gasteiger partial charge is 0.471 e. The molecule has 0 saturated carbocycles. The number of aromatic nitrogens is 2. The Hall–Kier alpha value is -1.32. The summed E-state index contributed by atoms with van der Waals surface area (Å²) in [6.45, 7) is 1.24. The number of alkyl halides is 6. The van der Waals surface area contributed by atoms with E-state index in [4.69, 9.17) is 5.73 Å². The summed E-state index contributed by atoms with van der Waals surface area (Å²) < 4.78 is 76.5. The van der Waals surface area contributed by atoms with Crippen LogP contribution in [0.25, 0.3) is 0 Å². The molecule has 0 spiro atoms. The summed E-state index contributed by atoms with van der Waals surface area (Å²) in [5.74, 6) is -2.04. The minimum absolute atomic E-state index is 0.219. The van der Waals surface area contributed by atoms with Gasteiger partial charge >= 0.3 is 18.2 Å². The molecule has 0 aliphatic rings. The highest BCUT2D eigenvalue weighted by atomic mass is 19.4. The molecule has 1 heterocycles. The van der Waals surface area contributed by atoms with E-state index in [0.717, 1.165) is 0 Å². The van der Waals surface area contributed by atoms with Gasteiger partial charge in [-0.25, -0.2) is 0 Å². The van der Waals surface area contributed by atoms with Crippen LogP contribution in [0.4, 0.5) is 26.3 Å². The van der Waals surface area contributed by atoms with E-state index >= 15 is 0 Å². The molecular weight excluding hydrogens is 280 g/mol. The lowest BCUT2D eigenvalue weighted by atomic mass is 9.95. The predicted molar refractivity (Wildman–Crippen MR) is 50.7 cm³/mol. The van der Waals surface area contributed by atoms with Gasteiger partial charge in [0.15, 0.2) is 5.82 Å². The number of nitrogens with two attached hydrogens (primary N) is 1.